The van der Waals surface area contributed by atoms with Crippen LogP contribution in [-0.4, -0.2) is 63.7 Å². The second-order valence-corrected chi connectivity index (χ2v) is 9.40. The van der Waals surface area contributed by atoms with E-state index < -0.39 is 9.84 Å². The molecule has 1 unspecified atom stereocenters. The Bertz CT molecular complexity index is 804. The lowest BCUT2D eigenvalue weighted by atomic mass is 9.97. The molecule has 8 heteroatoms. The molecular weight excluding hydrogens is 356 g/mol. The van der Waals surface area contributed by atoms with Crippen LogP contribution in [0.1, 0.15) is 23.1 Å². The molecule has 3 heterocycles. The molecule has 1 fully saturated rings. The Morgan fingerprint density at radius 1 is 1.31 bits per heavy atom. The number of urea groups is 1. The van der Waals surface area contributed by atoms with Gasteiger partial charge in [0.15, 0.2) is 9.84 Å². The minimum atomic E-state index is -3.00. The number of nitrogens with one attached hydrogen (secondary N) is 1. The molecule has 0 aliphatic carbocycles. The predicted molar refractivity (Wildman–Crippen MR) is 96.8 cm³/mol. The molecule has 26 heavy (non-hydrogen) atoms. The fourth-order valence-corrected chi connectivity index (χ4v) is 5.79. The number of fused-ring (bicyclic) bond motifs is 2. The van der Waals surface area contributed by atoms with Crippen molar-refractivity contribution in [1.82, 2.24) is 10.2 Å². The zero-order valence-corrected chi connectivity index (χ0v) is 15.7. The third kappa shape index (κ3) is 3.22. The van der Waals surface area contributed by atoms with Crippen LogP contribution in [0, 0.1) is 0 Å². The molecule has 0 spiro atoms. The van der Waals surface area contributed by atoms with E-state index in [1.165, 1.54) is 16.0 Å². The van der Waals surface area contributed by atoms with Crippen LogP contribution in [0.3, 0.4) is 0 Å². The number of benzene rings is 1. The van der Waals surface area contributed by atoms with E-state index in [4.69, 9.17) is 9.47 Å². The zero-order chi connectivity index (χ0) is 18.3. The Labute approximate surface area is 153 Å². The average Bonchev–Trinajstić information content (AvgIpc) is 3.32. The molecule has 1 N–H and O–H groups in total. The third-order valence-corrected chi connectivity index (χ3v) is 7.24. The van der Waals surface area contributed by atoms with E-state index in [9.17, 15) is 13.2 Å². The zero-order valence-electron chi connectivity index (χ0n) is 14.9. The summed E-state index contributed by atoms with van der Waals surface area (Å²) < 4.78 is 34.7. The summed E-state index contributed by atoms with van der Waals surface area (Å²) in [5, 5.41) is 2.91. The van der Waals surface area contributed by atoms with Gasteiger partial charge >= 0.3 is 6.03 Å². The summed E-state index contributed by atoms with van der Waals surface area (Å²) in [6, 6.07) is 1.62. The second kappa shape index (κ2) is 6.64. The smallest absolute Gasteiger partial charge is 0.317 e. The third-order valence-electron chi connectivity index (χ3n) is 5.49. The van der Waals surface area contributed by atoms with Gasteiger partial charge in [-0.3, -0.25) is 0 Å². The average molecular weight is 380 g/mol. The maximum atomic E-state index is 12.4. The van der Waals surface area contributed by atoms with Gasteiger partial charge in [0.25, 0.3) is 0 Å². The summed E-state index contributed by atoms with van der Waals surface area (Å²) in [7, 11) is -1.34. The van der Waals surface area contributed by atoms with E-state index in [1.807, 2.05) is 0 Å². The lowest BCUT2D eigenvalue weighted by Gasteiger charge is -2.24. The number of amides is 2. The molecule has 4 rings (SSSR count). The number of carbonyl (C=O) groups is 1. The SMILES string of the molecule is CN(C(=O)NCCc1c2c(cc3c1OCC3)OCC2)C1CCS(=O)(=O)C1. The largest absolute Gasteiger partial charge is 0.493 e. The Morgan fingerprint density at radius 2 is 2.12 bits per heavy atom. The first-order valence-electron chi connectivity index (χ1n) is 9.09. The van der Waals surface area contributed by atoms with Gasteiger partial charge in [0.2, 0.25) is 0 Å². The van der Waals surface area contributed by atoms with Crippen molar-refractivity contribution in [3.05, 3.63) is 22.8 Å². The van der Waals surface area contributed by atoms with E-state index in [0.29, 0.717) is 32.6 Å². The molecule has 7 nitrogen and oxygen atoms in total. The Kier molecular flexibility index (Phi) is 4.46. The number of hydrogen-bond donors (Lipinski definition) is 1. The maximum absolute atomic E-state index is 12.4. The lowest BCUT2D eigenvalue weighted by molar-refractivity contribution is 0.195. The van der Waals surface area contributed by atoms with Crippen LogP contribution in [0.15, 0.2) is 6.07 Å². The van der Waals surface area contributed by atoms with Gasteiger partial charge in [-0.15, -0.1) is 0 Å². The molecule has 1 saturated heterocycles. The molecule has 1 aromatic carbocycles. The number of carbonyl (C=O) groups excluding carboxylic acids is 1. The highest BCUT2D eigenvalue weighted by Gasteiger charge is 2.33. The van der Waals surface area contributed by atoms with Crippen LogP contribution in [0.2, 0.25) is 0 Å². The van der Waals surface area contributed by atoms with Crippen LogP contribution >= 0.6 is 0 Å². The van der Waals surface area contributed by atoms with Crippen molar-refractivity contribution in [3.63, 3.8) is 0 Å². The van der Waals surface area contributed by atoms with Crippen molar-refractivity contribution in [2.45, 2.75) is 31.7 Å². The first kappa shape index (κ1) is 17.5. The van der Waals surface area contributed by atoms with Crippen molar-refractivity contribution in [2.75, 3.05) is 38.3 Å². The molecule has 142 valence electrons. The predicted octanol–water partition coefficient (Wildman–Crippen LogP) is 0.927. The highest BCUT2D eigenvalue weighted by Crippen LogP contribution is 2.40. The molecular formula is C18H24N2O5S. The number of hydrogen-bond acceptors (Lipinski definition) is 5. The Balaban J connectivity index is 1.39. The summed E-state index contributed by atoms with van der Waals surface area (Å²) >= 11 is 0. The number of nitrogens with zero attached hydrogens (tertiary/aromatic N) is 1. The fraction of sp³-hybridized carbons (Fsp3) is 0.611. The van der Waals surface area contributed by atoms with Crippen molar-refractivity contribution in [3.8, 4) is 11.5 Å². The van der Waals surface area contributed by atoms with Crippen molar-refractivity contribution in [1.29, 1.82) is 0 Å². The number of rotatable bonds is 4. The van der Waals surface area contributed by atoms with Crippen LogP contribution in [0.5, 0.6) is 11.5 Å². The molecule has 1 aromatic rings. The normalized spacial score (nSPS) is 22.3. The van der Waals surface area contributed by atoms with Gasteiger partial charge in [0.1, 0.15) is 11.5 Å². The molecule has 2 amide bonds. The highest BCUT2D eigenvalue weighted by molar-refractivity contribution is 7.91. The first-order valence-corrected chi connectivity index (χ1v) is 10.9. The molecule has 3 aliphatic rings. The molecule has 0 radical (unpaired) electrons. The maximum Gasteiger partial charge on any atom is 0.317 e. The summed E-state index contributed by atoms with van der Waals surface area (Å²) in [5.74, 6) is 2.12. The quantitative estimate of drug-likeness (QED) is 0.840. The van der Waals surface area contributed by atoms with Gasteiger partial charge in [-0.1, -0.05) is 0 Å². The monoisotopic (exact) mass is 380 g/mol. The van der Waals surface area contributed by atoms with Crippen LogP contribution in [0.4, 0.5) is 4.79 Å². The Morgan fingerprint density at radius 3 is 2.88 bits per heavy atom. The highest BCUT2D eigenvalue weighted by atomic mass is 32.2. The summed E-state index contributed by atoms with van der Waals surface area (Å²) in [6.07, 6.45) is 2.95. The lowest BCUT2D eigenvalue weighted by Crippen LogP contribution is -2.44. The van der Waals surface area contributed by atoms with Gasteiger partial charge < -0.3 is 19.7 Å². The molecule has 3 aliphatic heterocycles. The van der Waals surface area contributed by atoms with Gasteiger partial charge in [-0.25, -0.2) is 13.2 Å². The van der Waals surface area contributed by atoms with Crippen LogP contribution < -0.4 is 14.8 Å². The van der Waals surface area contributed by atoms with Gasteiger partial charge in [0.05, 0.1) is 24.7 Å². The summed E-state index contributed by atoms with van der Waals surface area (Å²) in [6.45, 7) is 1.86. The molecule has 0 bridgehead atoms. The fourth-order valence-electron chi connectivity index (χ4n) is 4.02. The van der Waals surface area contributed by atoms with Crippen molar-refractivity contribution in [2.24, 2.45) is 0 Å². The van der Waals surface area contributed by atoms with E-state index in [1.54, 1.807) is 7.05 Å². The second-order valence-electron chi connectivity index (χ2n) is 7.17. The van der Waals surface area contributed by atoms with Crippen LogP contribution in [0.25, 0.3) is 0 Å². The van der Waals surface area contributed by atoms with E-state index in [2.05, 4.69) is 11.4 Å². The minimum absolute atomic E-state index is 0.0573. The van der Waals surface area contributed by atoms with E-state index in [0.717, 1.165) is 29.9 Å². The van der Waals surface area contributed by atoms with Gasteiger partial charge in [-0.05, 0) is 18.9 Å². The molecule has 1 atom stereocenters. The molecule has 0 saturated carbocycles. The first-order chi connectivity index (χ1) is 12.4. The van der Waals surface area contributed by atoms with Gasteiger partial charge in [-0.2, -0.15) is 0 Å². The molecule has 0 aromatic heterocycles. The standard InChI is InChI=1S/C18H24N2O5S/c1-20(13-5-9-26(22,23)11-13)18(21)19-6-2-15-14-4-8-24-16(14)10-12-3-7-25-17(12)15/h10,13H,2-9,11H2,1H3,(H,19,21). The van der Waals surface area contributed by atoms with E-state index in [-0.39, 0.29) is 23.6 Å². The summed E-state index contributed by atoms with van der Waals surface area (Å²) in [5.41, 5.74) is 3.51. The van der Waals surface area contributed by atoms with Crippen molar-refractivity contribution < 1.29 is 22.7 Å². The number of ether oxygens (including phenoxy) is 2. The topological polar surface area (TPSA) is 84.9 Å². The van der Waals surface area contributed by atoms with Gasteiger partial charge in [0, 0.05) is 49.2 Å². The number of sulfone groups is 1. The van der Waals surface area contributed by atoms with Crippen molar-refractivity contribution >= 4 is 15.9 Å². The van der Waals surface area contributed by atoms with Crippen LogP contribution in [-0.2, 0) is 29.1 Å². The summed E-state index contributed by atoms with van der Waals surface area (Å²) in [4.78, 5) is 13.9. The minimum Gasteiger partial charge on any atom is -0.493 e. The van der Waals surface area contributed by atoms with E-state index >= 15 is 0 Å². The Hall–Kier alpha value is -1.96.